The third kappa shape index (κ3) is 2.09. The van der Waals surface area contributed by atoms with Gasteiger partial charge in [-0.1, -0.05) is 5.16 Å². The summed E-state index contributed by atoms with van der Waals surface area (Å²) in [4.78, 5) is 4.36. The van der Waals surface area contributed by atoms with Gasteiger partial charge < -0.3 is 10.3 Å². The molecule has 2 atom stereocenters. The van der Waals surface area contributed by atoms with Crippen molar-refractivity contribution in [2.45, 2.75) is 37.0 Å². The van der Waals surface area contributed by atoms with Crippen molar-refractivity contribution in [3.05, 3.63) is 11.7 Å². The van der Waals surface area contributed by atoms with Crippen LogP contribution in [0.15, 0.2) is 4.52 Å². The summed E-state index contributed by atoms with van der Waals surface area (Å²) in [6, 6.07) is 0.316. The third-order valence-corrected chi connectivity index (χ3v) is 3.13. The number of aromatic nitrogens is 2. The van der Waals surface area contributed by atoms with Gasteiger partial charge in [0.1, 0.15) is 0 Å². The van der Waals surface area contributed by atoms with Gasteiger partial charge in [-0.3, -0.25) is 0 Å². The van der Waals surface area contributed by atoms with E-state index in [1.807, 2.05) is 6.26 Å². The summed E-state index contributed by atoms with van der Waals surface area (Å²) in [5.41, 5.74) is 5.83. The number of rotatable bonds is 3. The lowest BCUT2D eigenvalue weighted by molar-refractivity contribution is 0.350. The van der Waals surface area contributed by atoms with Gasteiger partial charge in [-0.15, -0.1) is 0 Å². The second-order valence-electron chi connectivity index (χ2n) is 3.75. The van der Waals surface area contributed by atoms with E-state index in [-0.39, 0.29) is 0 Å². The van der Waals surface area contributed by atoms with E-state index in [1.165, 1.54) is 0 Å². The smallest absolute Gasteiger partial charge is 0.229 e. The highest BCUT2D eigenvalue weighted by Gasteiger charge is 2.27. The molecule has 14 heavy (non-hydrogen) atoms. The molecular weight excluding hydrogens is 198 g/mol. The van der Waals surface area contributed by atoms with Gasteiger partial charge in [-0.2, -0.15) is 16.7 Å². The third-order valence-electron chi connectivity index (χ3n) is 2.58. The predicted octanol–water partition coefficient (Wildman–Crippen LogP) is 1.53. The van der Waals surface area contributed by atoms with Gasteiger partial charge in [0.25, 0.3) is 0 Å². The first kappa shape index (κ1) is 9.98. The molecule has 2 N–H and O–H groups in total. The van der Waals surface area contributed by atoms with Crippen molar-refractivity contribution in [2.24, 2.45) is 5.73 Å². The molecule has 0 unspecified atom stereocenters. The Balaban J connectivity index is 2.02. The van der Waals surface area contributed by atoms with E-state index in [4.69, 9.17) is 10.3 Å². The van der Waals surface area contributed by atoms with Crippen LogP contribution in [-0.4, -0.2) is 22.4 Å². The van der Waals surface area contributed by atoms with Crippen LogP contribution in [0, 0.1) is 0 Å². The monoisotopic (exact) mass is 213 g/mol. The van der Waals surface area contributed by atoms with Crippen molar-refractivity contribution in [1.29, 1.82) is 0 Å². The number of thioether (sulfide) groups is 1. The summed E-state index contributed by atoms with van der Waals surface area (Å²) in [5.74, 6) is 2.80. The van der Waals surface area contributed by atoms with Crippen molar-refractivity contribution < 1.29 is 4.52 Å². The van der Waals surface area contributed by atoms with Crippen molar-refractivity contribution in [2.75, 3.05) is 6.26 Å². The molecule has 4 nitrogen and oxygen atoms in total. The highest BCUT2D eigenvalue weighted by atomic mass is 32.2. The minimum absolute atomic E-state index is 0.316. The molecule has 0 saturated heterocycles. The first-order valence-corrected chi connectivity index (χ1v) is 6.26. The lowest BCUT2D eigenvalue weighted by Crippen LogP contribution is -2.14. The van der Waals surface area contributed by atoms with Gasteiger partial charge in [-0.25, -0.2) is 0 Å². The molecule has 0 aliphatic heterocycles. The van der Waals surface area contributed by atoms with Gasteiger partial charge >= 0.3 is 0 Å². The summed E-state index contributed by atoms with van der Waals surface area (Å²) in [6.07, 6.45) is 5.18. The maximum atomic E-state index is 5.83. The van der Waals surface area contributed by atoms with Gasteiger partial charge in [-0.05, 0) is 25.5 Å². The Labute approximate surface area is 87.6 Å². The van der Waals surface area contributed by atoms with Gasteiger partial charge in [0.05, 0.1) is 5.75 Å². The molecule has 1 aliphatic carbocycles. The maximum absolute atomic E-state index is 5.83. The van der Waals surface area contributed by atoms with Crippen LogP contribution in [0.2, 0.25) is 0 Å². The highest BCUT2D eigenvalue weighted by molar-refractivity contribution is 7.97. The molecule has 1 aromatic rings. The molecule has 5 heteroatoms. The van der Waals surface area contributed by atoms with Crippen LogP contribution in [0.5, 0.6) is 0 Å². The fourth-order valence-corrected chi connectivity index (χ4v) is 2.24. The highest BCUT2D eigenvalue weighted by Crippen LogP contribution is 2.32. The van der Waals surface area contributed by atoms with Crippen LogP contribution in [0.4, 0.5) is 0 Å². The van der Waals surface area contributed by atoms with Crippen LogP contribution in [0.1, 0.15) is 36.9 Å². The molecule has 1 heterocycles. The number of hydrogen-bond acceptors (Lipinski definition) is 5. The first-order chi connectivity index (χ1) is 6.79. The van der Waals surface area contributed by atoms with Crippen molar-refractivity contribution in [1.82, 2.24) is 10.1 Å². The zero-order valence-electron chi connectivity index (χ0n) is 8.27. The van der Waals surface area contributed by atoms with Crippen LogP contribution in [0.25, 0.3) is 0 Å². The van der Waals surface area contributed by atoms with Gasteiger partial charge in [0, 0.05) is 12.0 Å². The SMILES string of the molecule is CSCc1noc([C@@H]2CC[C@H](N)C2)n1. The molecule has 2 rings (SSSR count). The molecule has 1 aromatic heterocycles. The average molecular weight is 213 g/mol. The molecular formula is C9H15N3OS. The number of hydrogen-bond donors (Lipinski definition) is 1. The largest absolute Gasteiger partial charge is 0.339 e. The zero-order valence-corrected chi connectivity index (χ0v) is 9.09. The van der Waals surface area contributed by atoms with Crippen LogP contribution in [-0.2, 0) is 5.75 Å². The Hall–Kier alpha value is -0.550. The Kier molecular flexibility index (Phi) is 3.08. The Morgan fingerprint density at radius 1 is 1.57 bits per heavy atom. The normalized spacial score (nSPS) is 27.0. The van der Waals surface area contributed by atoms with E-state index in [0.29, 0.717) is 12.0 Å². The molecule has 1 saturated carbocycles. The lowest BCUT2D eigenvalue weighted by atomic mass is 10.1. The van der Waals surface area contributed by atoms with Crippen LogP contribution >= 0.6 is 11.8 Å². The Morgan fingerprint density at radius 2 is 2.43 bits per heavy atom. The molecule has 0 spiro atoms. The predicted molar refractivity (Wildman–Crippen MR) is 56.1 cm³/mol. The second-order valence-corrected chi connectivity index (χ2v) is 4.62. The van der Waals surface area contributed by atoms with E-state index in [1.54, 1.807) is 11.8 Å². The lowest BCUT2D eigenvalue weighted by Gasteiger charge is -2.01. The first-order valence-electron chi connectivity index (χ1n) is 4.86. The fraction of sp³-hybridized carbons (Fsp3) is 0.778. The quantitative estimate of drug-likeness (QED) is 0.824. The van der Waals surface area contributed by atoms with E-state index >= 15 is 0 Å². The minimum Gasteiger partial charge on any atom is -0.339 e. The standard InChI is InChI=1S/C9H15N3OS/c1-14-5-8-11-9(13-12-8)6-2-3-7(10)4-6/h6-7H,2-5,10H2,1H3/t6-,7+/m1/s1. The Bertz CT molecular complexity index is 302. The summed E-state index contributed by atoms with van der Waals surface area (Å²) < 4.78 is 5.22. The molecule has 1 aliphatic rings. The fourth-order valence-electron chi connectivity index (χ4n) is 1.86. The average Bonchev–Trinajstić information content (AvgIpc) is 2.74. The van der Waals surface area contributed by atoms with Crippen LogP contribution < -0.4 is 5.73 Å². The van der Waals surface area contributed by atoms with Gasteiger partial charge in [0.15, 0.2) is 5.82 Å². The second kappa shape index (κ2) is 4.31. The van der Waals surface area contributed by atoms with E-state index in [2.05, 4.69) is 10.1 Å². The molecule has 78 valence electrons. The summed E-state index contributed by atoms with van der Waals surface area (Å²) in [6.45, 7) is 0. The number of nitrogens with zero attached hydrogens (tertiary/aromatic N) is 2. The molecule has 1 fully saturated rings. The van der Waals surface area contributed by atoms with E-state index in [0.717, 1.165) is 36.7 Å². The van der Waals surface area contributed by atoms with Gasteiger partial charge in [0.2, 0.25) is 5.89 Å². The molecule has 0 aromatic carbocycles. The maximum Gasteiger partial charge on any atom is 0.229 e. The molecule has 0 bridgehead atoms. The van der Waals surface area contributed by atoms with E-state index in [9.17, 15) is 0 Å². The number of nitrogens with two attached hydrogens (primary N) is 1. The van der Waals surface area contributed by atoms with Crippen molar-refractivity contribution in [3.8, 4) is 0 Å². The van der Waals surface area contributed by atoms with Crippen LogP contribution in [0.3, 0.4) is 0 Å². The minimum atomic E-state index is 0.316. The summed E-state index contributed by atoms with van der Waals surface area (Å²) in [7, 11) is 0. The van der Waals surface area contributed by atoms with Crippen molar-refractivity contribution >= 4 is 11.8 Å². The summed E-state index contributed by atoms with van der Waals surface area (Å²) >= 11 is 1.70. The Morgan fingerprint density at radius 3 is 3.07 bits per heavy atom. The summed E-state index contributed by atoms with van der Waals surface area (Å²) in [5, 5.41) is 3.93. The topological polar surface area (TPSA) is 64.9 Å². The molecule has 0 radical (unpaired) electrons. The van der Waals surface area contributed by atoms with E-state index < -0.39 is 0 Å². The molecule has 0 amide bonds. The zero-order chi connectivity index (χ0) is 9.97. The van der Waals surface area contributed by atoms with Crippen molar-refractivity contribution in [3.63, 3.8) is 0 Å².